The second-order valence-corrected chi connectivity index (χ2v) is 6.45. The van der Waals surface area contributed by atoms with E-state index in [2.05, 4.69) is 31.2 Å². The van der Waals surface area contributed by atoms with Crippen LogP contribution in [0.15, 0.2) is 24.3 Å². The maximum Gasteiger partial charge on any atom is 0.245 e. The van der Waals surface area contributed by atoms with E-state index in [9.17, 15) is 4.79 Å². The van der Waals surface area contributed by atoms with E-state index >= 15 is 0 Å². The highest BCUT2D eigenvalue weighted by Crippen LogP contribution is 2.39. The van der Waals surface area contributed by atoms with E-state index in [4.69, 9.17) is 11.6 Å². The zero-order valence-corrected chi connectivity index (χ0v) is 12.9. The van der Waals surface area contributed by atoms with E-state index < -0.39 is 5.38 Å². The van der Waals surface area contributed by atoms with Gasteiger partial charge >= 0.3 is 0 Å². The van der Waals surface area contributed by atoms with Gasteiger partial charge in [0.1, 0.15) is 5.38 Å². The van der Waals surface area contributed by atoms with Crippen LogP contribution in [0.3, 0.4) is 0 Å². The van der Waals surface area contributed by atoms with E-state index in [-0.39, 0.29) is 11.4 Å². The molecule has 0 saturated carbocycles. The molecule has 1 aromatic carbocycles. The van der Waals surface area contributed by atoms with Crippen LogP contribution >= 0.6 is 11.6 Å². The molecule has 3 heteroatoms. The van der Waals surface area contributed by atoms with Crippen LogP contribution in [0, 0.1) is 6.92 Å². The number of benzene rings is 1. The van der Waals surface area contributed by atoms with E-state index in [1.807, 2.05) is 25.7 Å². The lowest BCUT2D eigenvalue weighted by atomic mass is 9.88. The standard InChI is InChI=1S/C16H20ClNO/c1-10-6-7-13-11(2)9-16(4,5)18(14(13)8-10)15(19)12(3)17/h6-9,12H,1-5H3/t12-/m0/s1. The second kappa shape index (κ2) is 4.68. The molecule has 0 unspecified atom stereocenters. The maximum absolute atomic E-state index is 12.5. The third-order valence-electron chi connectivity index (χ3n) is 3.53. The molecule has 1 atom stereocenters. The van der Waals surface area contributed by atoms with E-state index in [1.54, 1.807) is 6.92 Å². The number of amides is 1. The molecule has 19 heavy (non-hydrogen) atoms. The number of allylic oxidation sites excluding steroid dienone is 1. The number of halogens is 1. The topological polar surface area (TPSA) is 20.3 Å². The smallest absolute Gasteiger partial charge is 0.245 e. The number of fused-ring (bicyclic) bond motifs is 1. The number of hydrogen-bond donors (Lipinski definition) is 0. The molecule has 102 valence electrons. The molecule has 0 aliphatic carbocycles. The summed E-state index contributed by atoms with van der Waals surface area (Å²) in [5, 5.41) is -0.528. The molecule has 2 rings (SSSR count). The fraction of sp³-hybridized carbons (Fsp3) is 0.438. The molecule has 0 bridgehead atoms. The minimum atomic E-state index is -0.528. The van der Waals surface area contributed by atoms with Crippen LogP contribution in [0.25, 0.3) is 5.57 Å². The predicted molar refractivity (Wildman–Crippen MR) is 81.7 cm³/mol. The summed E-state index contributed by atoms with van der Waals surface area (Å²) >= 11 is 6.02. The van der Waals surface area contributed by atoms with E-state index in [0.29, 0.717) is 0 Å². The average molecular weight is 278 g/mol. The number of carbonyl (C=O) groups is 1. The van der Waals surface area contributed by atoms with Crippen LogP contribution in [0.5, 0.6) is 0 Å². The summed E-state index contributed by atoms with van der Waals surface area (Å²) in [4.78, 5) is 14.3. The van der Waals surface area contributed by atoms with Gasteiger partial charge in [0, 0.05) is 5.56 Å². The quantitative estimate of drug-likeness (QED) is 0.706. The number of anilines is 1. The molecular formula is C16H20ClNO. The van der Waals surface area contributed by atoms with Crippen LogP contribution in [0.4, 0.5) is 5.69 Å². The number of carbonyl (C=O) groups excluding carboxylic acids is 1. The second-order valence-electron chi connectivity index (χ2n) is 5.79. The van der Waals surface area contributed by atoms with Crippen LogP contribution in [0.2, 0.25) is 0 Å². The first-order valence-corrected chi connectivity index (χ1v) is 6.96. The zero-order valence-electron chi connectivity index (χ0n) is 12.1. The van der Waals surface area contributed by atoms with Crippen molar-refractivity contribution < 1.29 is 4.79 Å². The molecule has 0 radical (unpaired) electrons. The highest BCUT2D eigenvalue weighted by molar-refractivity contribution is 6.33. The van der Waals surface area contributed by atoms with Crippen LogP contribution in [0.1, 0.15) is 38.8 Å². The van der Waals surface area contributed by atoms with Crippen LogP contribution in [-0.4, -0.2) is 16.8 Å². The van der Waals surface area contributed by atoms with Gasteiger partial charge in [0.2, 0.25) is 5.91 Å². The van der Waals surface area contributed by atoms with E-state index in [1.165, 1.54) is 5.57 Å². The Morgan fingerprint density at radius 2 is 1.95 bits per heavy atom. The summed E-state index contributed by atoms with van der Waals surface area (Å²) in [5.41, 5.74) is 4.05. The molecule has 0 N–H and O–H groups in total. The summed E-state index contributed by atoms with van der Waals surface area (Å²) in [5.74, 6) is -0.0535. The molecular weight excluding hydrogens is 258 g/mol. The van der Waals surface area contributed by atoms with Gasteiger partial charge < -0.3 is 4.90 Å². The molecule has 2 nitrogen and oxygen atoms in total. The van der Waals surface area contributed by atoms with Crippen molar-refractivity contribution in [2.45, 2.75) is 45.5 Å². The molecule has 1 aromatic rings. The van der Waals surface area contributed by atoms with Crippen molar-refractivity contribution in [3.63, 3.8) is 0 Å². The third kappa shape index (κ3) is 2.42. The summed E-state index contributed by atoms with van der Waals surface area (Å²) < 4.78 is 0. The summed E-state index contributed by atoms with van der Waals surface area (Å²) in [6.45, 7) is 9.92. The lowest BCUT2D eigenvalue weighted by Gasteiger charge is -2.42. The Labute approximate surface area is 120 Å². The number of rotatable bonds is 1. The first-order valence-electron chi connectivity index (χ1n) is 6.52. The Hall–Kier alpha value is -1.28. The normalized spacial score (nSPS) is 18.6. The SMILES string of the molecule is CC1=CC(C)(C)N(C(=O)[C@H](C)Cl)c2cc(C)ccc21. The van der Waals surface area contributed by atoms with Gasteiger partial charge in [-0.3, -0.25) is 4.79 Å². The van der Waals surface area contributed by atoms with Gasteiger partial charge in [0.05, 0.1) is 11.2 Å². The van der Waals surface area contributed by atoms with Crippen molar-refractivity contribution in [2.24, 2.45) is 0 Å². The number of aryl methyl sites for hydroxylation is 1. The lowest BCUT2D eigenvalue weighted by molar-refractivity contribution is -0.118. The first kappa shape index (κ1) is 14.1. The molecule has 1 aliphatic rings. The van der Waals surface area contributed by atoms with Gasteiger partial charge in [0.15, 0.2) is 0 Å². The summed E-state index contributed by atoms with van der Waals surface area (Å²) in [7, 11) is 0. The largest absolute Gasteiger partial charge is 0.301 e. The lowest BCUT2D eigenvalue weighted by Crippen LogP contribution is -2.51. The van der Waals surface area contributed by atoms with Crippen molar-refractivity contribution in [3.8, 4) is 0 Å². The van der Waals surface area contributed by atoms with Crippen molar-refractivity contribution in [1.29, 1.82) is 0 Å². The Morgan fingerprint density at radius 3 is 2.53 bits per heavy atom. The molecule has 0 fully saturated rings. The molecule has 0 aromatic heterocycles. The predicted octanol–water partition coefficient (Wildman–Crippen LogP) is 4.15. The Morgan fingerprint density at radius 1 is 1.32 bits per heavy atom. The van der Waals surface area contributed by atoms with Gasteiger partial charge in [0.25, 0.3) is 0 Å². The fourth-order valence-corrected chi connectivity index (χ4v) is 2.82. The summed E-state index contributed by atoms with van der Waals surface area (Å²) in [6, 6.07) is 6.21. The molecule has 1 amide bonds. The Kier molecular flexibility index (Phi) is 3.48. The van der Waals surface area contributed by atoms with Crippen molar-refractivity contribution in [2.75, 3.05) is 4.90 Å². The van der Waals surface area contributed by atoms with Crippen molar-refractivity contribution in [1.82, 2.24) is 0 Å². The molecule has 1 heterocycles. The van der Waals surface area contributed by atoms with Crippen LogP contribution in [-0.2, 0) is 4.79 Å². The van der Waals surface area contributed by atoms with Crippen molar-refractivity contribution >= 4 is 28.8 Å². The minimum Gasteiger partial charge on any atom is -0.301 e. The highest BCUT2D eigenvalue weighted by Gasteiger charge is 2.37. The molecule has 1 aliphatic heterocycles. The number of hydrogen-bond acceptors (Lipinski definition) is 1. The monoisotopic (exact) mass is 277 g/mol. The first-order chi connectivity index (χ1) is 8.74. The van der Waals surface area contributed by atoms with Gasteiger partial charge in [-0.25, -0.2) is 0 Å². The maximum atomic E-state index is 12.5. The Balaban J connectivity index is 2.66. The minimum absolute atomic E-state index is 0.0535. The number of alkyl halides is 1. The highest BCUT2D eigenvalue weighted by atomic mass is 35.5. The summed E-state index contributed by atoms with van der Waals surface area (Å²) in [6.07, 6.45) is 2.13. The van der Waals surface area contributed by atoms with Gasteiger partial charge in [-0.15, -0.1) is 11.6 Å². The van der Waals surface area contributed by atoms with Crippen LogP contribution < -0.4 is 4.90 Å². The fourth-order valence-electron chi connectivity index (χ4n) is 2.72. The molecule has 0 spiro atoms. The average Bonchev–Trinajstić information content (AvgIpc) is 2.26. The molecule has 0 saturated heterocycles. The number of nitrogens with zero attached hydrogens (tertiary/aromatic N) is 1. The van der Waals surface area contributed by atoms with Gasteiger partial charge in [-0.1, -0.05) is 18.2 Å². The van der Waals surface area contributed by atoms with E-state index in [0.717, 1.165) is 16.8 Å². The van der Waals surface area contributed by atoms with Gasteiger partial charge in [-0.2, -0.15) is 0 Å². The third-order valence-corrected chi connectivity index (χ3v) is 3.71. The Bertz CT molecular complexity index is 558. The zero-order chi connectivity index (χ0) is 14.4. The van der Waals surface area contributed by atoms with Gasteiger partial charge in [-0.05, 0) is 51.8 Å². The van der Waals surface area contributed by atoms with Crippen molar-refractivity contribution in [3.05, 3.63) is 35.4 Å².